The maximum Gasteiger partial charge on any atom is 0.209 e. The highest BCUT2D eigenvalue weighted by Crippen LogP contribution is 2.25. The zero-order chi connectivity index (χ0) is 9.80. The first kappa shape index (κ1) is 9.19. The van der Waals surface area contributed by atoms with Crippen LogP contribution >= 0.6 is 0 Å². The molecule has 14 heavy (non-hydrogen) atoms. The van der Waals surface area contributed by atoms with Crippen molar-refractivity contribution in [3.63, 3.8) is 0 Å². The minimum atomic E-state index is 0.535. The number of carbonyl (C=O) groups excluding carboxylic acids is 1. The highest BCUT2D eigenvalue weighted by molar-refractivity contribution is 5.47. The van der Waals surface area contributed by atoms with Crippen LogP contribution in [0, 0.1) is 0 Å². The number of pyridine rings is 1. The van der Waals surface area contributed by atoms with E-state index in [9.17, 15) is 4.79 Å². The summed E-state index contributed by atoms with van der Waals surface area (Å²) in [6.07, 6.45) is 4.85. The van der Waals surface area contributed by atoms with Crippen LogP contribution in [0.2, 0.25) is 0 Å². The largest absolute Gasteiger partial charge is 0.345 e. The Balaban J connectivity index is 1.99. The third kappa shape index (κ3) is 1.92. The van der Waals surface area contributed by atoms with Gasteiger partial charge in [-0.2, -0.15) is 0 Å². The second-order valence-electron chi connectivity index (χ2n) is 3.67. The number of carbonyl (C=O) groups is 1. The molecule has 1 aliphatic rings. The van der Waals surface area contributed by atoms with Gasteiger partial charge in [-0.3, -0.25) is 9.78 Å². The van der Waals surface area contributed by atoms with Gasteiger partial charge in [0.2, 0.25) is 6.41 Å². The summed E-state index contributed by atoms with van der Waals surface area (Å²) >= 11 is 0. The Morgan fingerprint density at radius 3 is 2.71 bits per heavy atom. The van der Waals surface area contributed by atoms with Crippen LogP contribution in [0.3, 0.4) is 0 Å². The third-order valence-corrected chi connectivity index (χ3v) is 2.78. The molecule has 74 valence electrons. The van der Waals surface area contributed by atoms with E-state index < -0.39 is 0 Å². The van der Waals surface area contributed by atoms with Crippen molar-refractivity contribution in [3.8, 4) is 0 Å². The molecule has 0 spiro atoms. The van der Waals surface area contributed by atoms with E-state index >= 15 is 0 Å². The summed E-state index contributed by atoms with van der Waals surface area (Å²) in [5.74, 6) is 0.535. The van der Waals surface area contributed by atoms with Gasteiger partial charge < -0.3 is 4.90 Å². The van der Waals surface area contributed by atoms with Crippen LogP contribution in [-0.2, 0) is 4.79 Å². The Morgan fingerprint density at radius 1 is 1.36 bits per heavy atom. The molecule has 0 unspecified atom stereocenters. The molecule has 1 aliphatic heterocycles. The van der Waals surface area contributed by atoms with E-state index in [0.29, 0.717) is 5.92 Å². The third-order valence-electron chi connectivity index (χ3n) is 2.78. The van der Waals surface area contributed by atoms with Crippen molar-refractivity contribution in [2.45, 2.75) is 18.8 Å². The summed E-state index contributed by atoms with van der Waals surface area (Å²) in [5, 5.41) is 0. The van der Waals surface area contributed by atoms with E-state index in [4.69, 9.17) is 0 Å². The number of rotatable bonds is 2. The fourth-order valence-electron chi connectivity index (χ4n) is 1.92. The molecule has 1 fully saturated rings. The van der Waals surface area contributed by atoms with Crippen LogP contribution in [0.4, 0.5) is 0 Å². The molecule has 0 atom stereocenters. The Labute approximate surface area is 83.8 Å². The molecule has 1 aromatic heterocycles. The molecule has 1 amide bonds. The minimum absolute atomic E-state index is 0.535. The summed E-state index contributed by atoms with van der Waals surface area (Å²) < 4.78 is 0. The molecule has 1 aromatic rings. The predicted octanol–water partition coefficient (Wildman–Crippen LogP) is 1.42. The van der Waals surface area contributed by atoms with Crippen LogP contribution in [0.25, 0.3) is 0 Å². The SMILES string of the molecule is O=CN1CCC(c2ccccn2)CC1. The summed E-state index contributed by atoms with van der Waals surface area (Å²) in [7, 11) is 0. The molecule has 3 heteroatoms. The minimum Gasteiger partial charge on any atom is -0.345 e. The highest BCUT2D eigenvalue weighted by atomic mass is 16.1. The Hall–Kier alpha value is -1.38. The lowest BCUT2D eigenvalue weighted by Gasteiger charge is -2.28. The van der Waals surface area contributed by atoms with Gasteiger partial charge in [0.15, 0.2) is 0 Å². The first-order chi connectivity index (χ1) is 6.90. The first-order valence-corrected chi connectivity index (χ1v) is 5.00. The molecule has 2 rings (SSSR count). The number of amides is 1. The highest BCUT2D eigenvalue weighted by Gasteiger charge is 2.19. The lowest BCUT2D eigenvalue weighted by atomic mass is 9.93. The Morgan fingerprint density at radius 2 is 2.14 bits per heavy atom. The van der Waals surface area contributed by atoms with Crippen molar-refractivity contribution in [2.75, 3.05) is 13.1 Å². The van der Waals surface area contributed by atoms with E-state index in [2.05, 4.69) is 11.1 Å². The van der Waals surface area contributed by atoms with Gasteiger partial charge >= 0.3 is 0 Å². The lowest BCUT2D eigenvalue weighted by molar-refractivity contribution is -0.119. The quantitative estimate of drug-likeness (QED) is 0.661. The van der Waals surface area contributed by atoms with Crippen molar-refractivity contribution < 1.29 is 4.79 Å². The average Bonchev–Trinajstić information content (AvgIpc) is 2.30. The van der Waals surface area contributed by atoms with Crippen molar-refractivity contribution in [3.05, 3.63) is 30.1 Å². The van der Waals surface area contributed by atoms with E-state index in [0.717, 1.165) is 38.0 Å². The van der Waals surface area contributed by atoms with Crippen LogP contribution in [0.15, 0.2) is 24.4 Å². The van der Waals surface area contributed by atoms with Gasteiger partial charge in [-0.15, -0.1) is 0 Å². The number of hydrogen-bond donors (Lipinski definition) is 0. The van der Waals surface area contributed by atoms with Gasteiger partial charge in [-0.25, -0.2) is 0 Å². The van der Waals surface area contributed by atoms with Gasteiger partial charge in [0, 0.05) is 30.9 Å². The van der Waals surface area contributed by atoms with E-state index in [1.54, 1.807) is 0 Å². The summed E-state index contributed by atoms with van der Waals surface area (Å²) in [6, 6.07) is 6.03. The van der Waals surface area contributed by atoms with Crippen molar-refractivity contribution in [1.82, 2.24) is 9.88 Å². The monoisotopic (exact) mass is 190 g/mol. The first-order valence-electron chi connectivity index (χ1n) is 5.00. The predicted molar refractivity (Wildman–Crippen MR) is 53.8 cm³/mol. The normalized spacial score (nSPS) is 18.1. The van der Waals surface area contributed by atoms with Gasteiger partial charge in [-0.1, -0.05) is 6.07 Å². The second kappa shape index (κ2) is 4.22. The fourth-order valence-corrected chi connectivity index (χ4v) is 1.92. The molecule has 0 aliphatic carbocycles. The molecule has 3 nitrogen and oxygen atoms in total. The summed E-state index contributed by atoms with van der Waals surface area (Å²) in [4.78, 5) is 16.7. The molecule has 1 saturated heterocycles. The molecule has 2 heterocycles. The standard InChI is InChI=1S/C11H14N2O/c14-9-13-7-4-10(5-8-13)11-3-1-2-6-12-11/h1-3,6,9-10H,4-5,7-8H2. The van der Waals surface area contributed by atoms with Crippen LogP contribution in [0.5, 0.6) is 0 Å². The molecular weight excluding hydrogens is 176 g/mol. The van der Waals surface area contributed by atoms with Gasteiger partial charge in [0.05, 0.1) is 0 Å². The number of likely N-dealkylation sites (tertiary alicyclic amines) is 1. The average molecular weight is 190 g/mol. The summed E-state index contributed by atoms with van der Waals surface area (Å²) in [5.41, 5.74) is 1.16. The van der Waals surface area contributed by atoms with E-state index in [-0.39, 0.29) is 0 Å². The topological polar surface area (TPSA) is 33.2 Å². The summed E-state index contributed by atoms with van der Waals surface area (Å²) in [6.45, 7) is 1.73. The number of nitrogens with zero attached hydrogens (tertiary/aromatic N) is 2. The van der Waals surface area contributed by atoms with Gasteiger partial charge in [0.25, 0.3) is 0 Å². The molecule has 0 bridgehead atoms. The van der Waals surface area contributed by atoms with Crippen molar-refractivity contribution >= 4 is 6.41 Å². The second-order valence-corrected chi connectivity index (χ2v) is 3.67. The molecule has 0 saturated carbocycles. The lowest BCUT2D eigenvalue weighted by Crippen LogP contribution is -2.31. The Kier molecular flexibility index (Phi) is 2.77. The molecular formula is C11H14N2O. The van der Waals surface area contributed by atoms with Gasteiger partial charge in [-0.05, 0) is 25.0 Å². The van der Waals surface area contributed by atoms with E-state index in [1.807, 2.05) is 23.2 Å². The number of hydrogen-bond acceptors (Lipinski definition) is 2. The maximum absolute atomic E-state index is 10.5. The fraction of sp³-hybridized carbons (Fsp3) is 0.455. The smallest absolute Gasteiger partial charge is 0.209 e. The van der Waals surface area contributed by atoms with Crippen molar-refractivity contribution in [1.29, 1.82) is 0 Å². The molecule has 0 N–H and O–H groups in total. The Bertz CT molecular complexity index is 291. The van der Waals surface area contributed by atoms with Crippen molar-refractivity contribution in [2.24, 2.45) is 0 Å². The van der Waals surface area contributed by atoms with Crippen LogP contribution in [-0.4, -0.2) is 29.4 Å². The van der Waals surface area contributed by atoms with Crippen LogP contribution < -0.4 is 0 Å². The molecule has 0 aromatic carbocycles. The zero-order valence-corrected chi connectivity index (χ0v) is 8.10. The van der Waals surface area contributed by atoms with E-state index in [1.165, 1.54) is 0 Å². The maximum atomic E-state index is 10.5. The number of aromatic nitrogens is 1. The van der Waals surface area contributed by atoms with Crippen LogP contribution in [0.1, 0.15) is 24.5 Å². The van der Waals surface area contributed by atoms with Gasteiger partial charge in [0.1, 0.15) is 0 Å². The molecule has 0 radical (unpaired) electrons. The zero-order valence-electron chi connectivity index (χ0n) is 8.10. The number of piperidine rings is 1.